The SMILES string of the molecule is CCCCCCCCCCCCCCCCCCSCC(=O)[O-].CCCCCCCCCCCCCCCCCCSCC(=O)[O-].CCCCCCCCCCCCCCCCCCSCC(=O)[O-].CCCCCCCCCCCCCCCCCCSCC(=O)[O-].[Sn+4]. The number of thioether (sulfide) groups is 4. The Labute approximate surface area is 614 Å². The van der Waals surface area contributed by atoms with E-state index in [2.05, 4.69) is 27.7 Å². The van der Waals surface area contributed by atoms with Crippen LogP contribution in [0, 0.1) is 0 Å². The van der Waals surface area contributed by atoms with Crippen molar-refractivity contribution in [1.82, 2.24) is 0 Å². The Morgan fingerprint density at radius 3 is 0.344 bits per heavy atom. The summed E-state index contributed by atoms with van der Waals surface area (Å²) in [6.45, 7) is 9.11. The molecule has 0 amide bonds. The number of carboxylic acid groups (broad SMARTS) is 4. The van der Waals surface area contributed by atoms with Gasteiger partial charge < -0.3 is 39.6 Å². The van der Waals surface area contributed by atoms with Gasteiger partial charge in [0.05, 0.1) is 23.9 Å². The van der Waals surface area contributed by atoms with E-state index in [1.165, 1.54) is 432 Å². The molecule has 13 heteroatoms. The van der Waals surface area contributed by atoms with Crippen LogP contribution < -0.4 is 20.4 Å². The molecule has 0 aliphatic carbocycles. The maximum Gasteiger partial charge on any atom is 4.00 e. The topological polar surface area (TPSA) is 161 Å². The van der Waals surface area contributed by atoms with Crippen molar-refractivity contribution >= 4 is 94.8 Å². The van der Waals surface area contributed by atoms with Gasteiger partial charge in [-0.25, -0.2) is 0 Å². The molecule has 0 rings (SSSR count). The first kappa shape index (κ1) is 102. The van der Waals surface area contributed by atoms with Gasteiger partial charge >= 0.3 is 23.9 Å². The fourth-order valence-corrected chi connectivity index (χ4v) is 14.5. The van der Waals surface area contributed by atoms with Crippen molar-refractivity contribution < 1.29 is 39.6 Å². The van der Waals surface area contributed by atoms with Crippen LogP contribution in [-0.4, -0.2) is 93.8 Å². The van der Waals surface area contributed by atoms with Crippen LogP contribution in [0.1, 0.15) is 439 Å². The molecule has 0 saturated carbocycles. The van der Waals surface area contributed by atoms with E-state index < -0.39 is 23.9 Å². The number of carbonyl (C=O) groups is 4. The minimum Gasteiger partial charge on any atom is -0.549 e. The van der Waals surface area contributed by atoms with Gasteiger partial charge in [-0.05, 0) is 48.7 Å². The predicted octanol–water partition coefficient (Wildman–Crippen LogP) is 22.5. The molecule has 0 heterocycles. The third-order valence-corrected chi connectivity index (χ3v) is 21.5. The molecule has 0 aliphatic rings. The van der Waals surface area contributed by atoms with Crippen LogP contribution >= 0.6 is 47.0 Å². The molecular weight excluding hydrogens is 1340 g/mol. The molecule has 0 unspecified atom stereocenters. The number of hydrogen-bond acceptors (Lipinski definition) is 12. The summed E-state index contributed by atoms with van der Waals surface area (Å²) in [5.41, 5.74) is 0. The molecule has 0 atom stereocenters. The van der Waals surface area contributed by atoms with Crippen LogP contribution in [0.5, 0.6) is 0 Å². The second-order valence-electron chi connectivity index (χ2n) is 26.9. The van der Waals surface area contributed by atoms with E-state index in [0.717, 1.165) is 48.7 Å². The minimum absolute atomic E-state index is 0. The monoisotopic (exact) mass is 1490 g/mol. The van der Waals surface area contributed by atoms with Gasteiger partial charge in [0.2, 0.25) is 0 Å². The standard InChI is InChI=1S/4C20H40O2S.Sn/c4*1-2-3-4-5-6-7-8-9-10-11-12-13-14-15-16-17-18-23-19-20(21)22;/h4*2-19H2,1H3,(H,21,22);/q;;;;+4/p-4. The molecule has 0 fully saturated rings. The molecule has 0 N–H and O–H groups in total. The van der Waals surface area contributed by atoms with Crippen molar-refractivity contribution in [2.45, 2.75) is 439 Å². The first-order chi connectivity index (χ1) is 45.1. The van der Waals surface area contributed by atoms with E-state index >= 15 is 0 Å². The second kappa shape index (κ2) is 98.5. The maximum absolute atomic E-state index is 10.2. The summed E-state index contributed by atoms with van der Waals surface area (Å²) in [4.78, 5) is 41.0. The molecule has 0 aromatic carbocycles. The molecule has 0 bridgehead atoms. The maximum atomic E-state index is 10.2. The van der Waals surface area contributed by atoms with Crippen molar-refractivity contribution in [2.24, 2.45) is 0 Å². The first-order valence-electron chi connectivity index (χ1n) is 40.2. The van der Waals surface area contributed by atoms with E-state index in [4.69, 9.17) is 0 Å². The van der Waals surface area contributed by atoms with Crippen LogP contribution in [-0.2, 0) is 19.2 Å². The summed E-state index contributed by atoms with van der Waals surface area (Å²) >= 11 is 5.94. The Morgan fingerprint density at radius 1 is 0.172 bits per heavy atom. The summed E-state index contributed by atoms with van der Waals surface area (Å²) < 4.78 is 0. The summed E-state index contributed by atoms with van der Waals surface area (Å²) in [6.07, 6.45) is 88.3. The van der Waals surface area contributed by atoms with Crippen molar-refractivity contribution in [1.29, 1.82) is 0 Å². The number of unbranched alkanes of at least 4 members (excludes halogenated alkanes) is 60. The van der Waals surface area contributed by atoms with Gasteiger partial charge in [0.1, 0.15) is 0 Å². The number of carboxylic acids is 4. The average Bonchev–Trinajstić information content (AvgIpc) is 3.54. The van der Waals surface area contributed by atoms with Crippen LogP contribution in [0.4, 0.5) is 0 Å². The van der Waals surface area contributed by atoms with E-state index in [0.29, 0.717) is 0 Å². The second-order valence-corrected chi connectivity index (χ2v) is 31.3. The molecule has 0 saturated heterocycles. The van der Waals surface area contributed by atoms with E-state index in [9.17, 15) is 39.6 Å². The zero-order chi connectivity index (χ0) is 68.0. The Kier molecular flexibility index (Phi) is 108. The van der Waals surface area contributed by atoms with Crippen LogP contribution in [0.2, 0.25) is 0 Å². The Bertz CT molecular complexity index is 1180. The Balaban J connectivity index is -0.000000369. The van der Waals surface area contributed by atoms with Crippen molar-refractivity contribution in [2.75, 3.05) is 46.0 Å². The van der Waals surface area contributed by atoms with Gasteiger partial charge in [0, 0.05) is 23.0 Å². The number of rotatable bonds is 76. The van der Waals surface area contributed by atoms with Gasteiger partial charge in [0.25, 0.3) is 0 Å². The molecular formula is C80H156O8S4Sn. The van der Waals surface area contributed by atoms with Gasteiger partial charge in [0.15, 0.2) is 0 Å². The van der Waals surface area contributed by atoms with Crippen molar-refractivity contribution in [3.05, 3.63) is 0 Å². The molecule has 0 spiro atoms. The van der Waals surface area contributed by atoms with Gasteiger partial charge in [-0.3, -0.25) is 0 Å². The third kappa shape index (κ3) is 117. The van der Waals surface area contributed by atoms with E-state index in [1.54, 1.807) is 0 Å². The van der Waals surface area contributed by atoms with Crippen LogP contribution in [0.3, 0.4) is 0 Å². The molecule has 0 aromatic rings. The van der Waals surface area contributed by atoms with Gasteiger partial charge in [-0.15, -0.1) is 0 Å². The summed E-state index contributed by atoms with van der Waals surface area (Å²) in [6, 6.07) is 0. The fraction of sp³-hybridized carbons (Fsp3) is 0.950. The zero-order valence-corrected chi connectivity index (χ0v) is 68.4. The molecule has 0 aliphatic heterocycles. The van der Waals surface area contributed by atoms with Crippen LogP contribution in [0.25, 0.3) is 0 Å². The Morgan fingerprint density at radius 2 is 0.258 bits per heavy atom. The normalized spacial score (nSPS) is 10.9. The van der Waals surface area contributed by atoms with Gasteiger partial charge in [-0.1, -0.05) is 413 Å². The molecule has 93 heavy (non-hydrogen) atoms. The van der Waals surface area contributed by atoms with Crippen molar-refractivity contribution in [3.63, 3.8) is 0 Å². The number of aliphatic carboxylic acids is 4. The Hall–Kier alpha value is 0.0787. The third-order valence-electron chi connectivity index (χ3n) is 17.4. The smallest absolute Gasteiger partial charge is 0.549 e. The summed E-state index contributed by atoms with van der Waals surface area (Å²) in [5, 5.41) is 41.0. The molecule has 552 valence electrons. The van der Waals surface area contributed by atoms with Gasteiger partial charge in [-0.2, -0.15) is 47.0 Å². The molecule has 0 aromatic heterocycles. The van der Waals surface area contributed by atoms with Crippen LogP contribution in [0.15, 0.2) is 0 Å². The average molecular weight is 1490 g/mol. The molecule has 8 nitrogen and oxygen atoms in total. The van der Waals surface area contributed by atoms with Crippen molar-refractivity contribution in [3.8, 4) is 0 Å². The van der Waals surface area contributed by atoms with E-state index in [1.807, 2.05) is 0 Å². The summed E-state index contributed by atoms with van der Waals surface area (Å²) in [7, 11) is 0. The fourth-order valence-electron chi connectivity index (χ4n) is 11.6. The number of hydrogen-bond donors (Lipinski definition) is 0. The quantitative estimate of drug-likeness (QED) is 0.0419. The molecule has 0 radical (unpaired) electrons. The predicted molar refractivity (Wildman–Crippen MR) is 413 cm³/mol. The minimum atomic E-state index is -0.938. The zero-order valence-electron chi connectivity index (χ0n) is 62.3. The largest absolute Gasteiger partial charge is 4.00 e. The van der Waals surface area contributed by atoms with E-state index in [-0.39, 0.29) is 46.9 Å². The first-order valence-corrected chi connectivity index (χ1v) is 44.8. The number of carbonyl (C=O) groups excluding carboxylic acids is 4. The summed E-state index contributed by atoms with van der Waals surface area (Å²) in [5.74, 6) is 0.711.